The summed E-state index contributed by atoms with van der Waals surface area (Å²) < 4.78 is 0. The predicted molar refractivity (Wildman–Crippen MR) is 138 cm³/mol. The maximum absolute atomic E-state index is 2.97. The van der Waals surface area contributed by atoms with Gasteiger partial charge in [-0.2, -0.15) is 0 Å². The minimum Gasteiger partial charge on any atom is -0.311 e. The second kappa shape index (κ2) is 22.9. The van der Waals surface area contributed by atoms with Gasteiger partial charge in [0, 0.05) is 17.1 Å². The number of hydrogen-bond acceptors (Lipinski definition) is 1. The molecule has 2 heteroatoms. The van der Waals surface area contributed by atoms with Gasteiger partial charge in [-0.3, -0.25) is 0 Å². The second-order valence-electron chi connectivity index (χ2n) is 4.34. The summed E-state index contributed by atoms with van der Waals surface area (Å²) in [6, 6.07) is 31.3. The van der Waals surface area contributed by atoms with Gasteiger partial charge in [-0.25, -0.2) is 0 Å². The molecule has 0 aliphatic carbocycles. The maximum atomic E-state index is 2.97. The monoisotopic (exact) mass is 400 g/mol. The van der Waals surface area contributed by atoms with Gasteiger partial charge in [-0.1, -0.05) is 104 Å². The minimum absolute atomic E-state index is 0. The summed E-state index contributed by atoms with van der Waals surface area (Å²) in [5.74, 6) is 0. The summed E-state index contributed by atoms with van der Waals surface area (Å²) in [5.41, 5.74) is 3.50. The van der Waals surface area contributed by atoms with E-state index < -0.39 is 0 Å². The van der Waals surface area contributed by atoms with Gasteiger partial charge in [0.15, 0.2) is 0 Å². The van der Waals surface area contributed by atoms with E-state index in [1.54, 1.807) is 6.26 Å². The van der Waals surface area contributed by atoms with Crippen LogP contribution in [-0.2, 0) is 12.6 Å². The molecule has 3 aromatic carbocycles. The van der Waals surface area contributed by atoms with Crippen LogP contribution in [0.4, 0.5) is 17.1 Å². The zero-order valence-corrected chi connectivity index (χ0v) is 19.1. The molecule has 0 saturated carbocycles. The molecule has 0 atom stereocenters. The lowest BCUT2D eigenvalue weighted by Gasteiger charge is -2.25. The molecule has 28 heavy (non-hydrogen) atoms. The van der Waals surface area contributed by atoms with Crippen LogP contribution in [0.25, 0.3) is 0 Å². The number of benzene rings is 3. The zero-order chi connectivity index (χ0) is 20.9. The number of hydrogen-bond donors (Lipinski definition) is 0. The van der Waals surface area contributed by atoms with Crippen molar-refractivity contribution in [1.82, 2.24) is 0 Å². The van der Waals surface area contributed by atoms with Gasteiger partial charge in [0.1, 0.15) is 0 Å². The molecule has 0 aliphatic heterocycles. The van der Waals surface area contributed by atoms with E-state index in [2.05, 4.69) is 90.3 Å². The first-order valence-electron chi connectivity index (χ1n) is 9.90. The van der Waals surface area contributed by atoms with Crippen molar-refractivity contribution in [1.29, 1.82) is 0 Å². The fourth-order valence-corrected chi connectivity index (χ4v) is 2.18. The highest BCUT2D eigenvalue weighted by Gasteiger charge is 2.10. The van der Waals surface area contributed by atoms with Gasteiger partial charge in [0.2, 0.25) is 0 Å². The predicted octanol–water partition coefficient (Wildman–Crippen LogP) is 8.50. The van der Waals surface area contributed by atoms with Crippen LogP contribution in [-0.4, -0.2) is 6.26 Å². The Labute approximate surface area is 180 Å². The molecule has 0 bridgehead atoms. The van der Waals surface area contributed by atoms with Crippen molar-refractivity contribution < 1.29 is 0 Å². The Morgan fingerprint density at radius 1 is 0.429 bits per heavy atom. The quantitative estimate of drug-likeness (QED) is 0.398. The lowest BCUT2D eigenvalue weighted by molar-refractivity contribution is 1.28. The van der Waals surface area contributed by atoms with Crippen LogP contribution in [0.5, 0.6) is 0 Å². The summed E-state index contributed by atoms with van der Waals surface area (Å²) in [6.45, 7) is 12.0. The minimum atomic E-state index is 0. The Bertz CT molecular complexity index is 530. The van der Waals surface area contributed by atoms with E-state index in [0.717, 1.165) is 0 Å². The van der Waals surface area contributed by atoms with E-state index >= 15 is 0 Å². The molecule has 0 N–H and O–H groups in total. The average molecular weight is 401 g/mol. The van der Waals surface area contributed by atoms with E-state index in [1.807, 2.05) is 59.7 Å². The third-order valence-electron chi connectivity index (χ3n) is 3.04. The maximum Gasteiger partial charge on any atom is 0.0929 e. The Hall–Kier alpha value is -2.19. The Kier molecular flexibility index (Phi) is 24.9. The topological polar surface area (TPSA) is 3.24 Å². The van der Waals surface area contributed by atoms with Gasteiger partial charge in [-0.05, 0) is 49.0 Å². The van der Waals surface area contributed by atoms with Gasteiger partial charge < -0.3 is 4.90 Å². The summed E-state index contributed by atoms with van der Waals surface area (Å²) in [5, 5.41) is 0. The van der Waals surface area contributed by atoms with Crippen LogP contribution < -0.4 is 4.90 Å². The molecule has 0 aliphatic rings. The Balaban J connectivity index is -0.000000622. The van der Waals surface area contributed by atoms with Crippen LogP contribution in [0.2, 0.25) is 0 Å². The molecule has 0 saturated heterocycles. The molecule has 0 heterocycles. The van der Waals surface area contributed by atoms with Crippen molar-refractivity contribution in [2.75, 3.05) is 11.2 Å². The second-order valence-corrected chi connectivity index (χ2v) is 4.34. The van der Waals surface area contributed by atoms with E-state index in [1.165, 1.54) is 17.1 Å². The standard InChI is InChI=1S/C18H15N.3C2H6.CH4S.CH4/c1-4-10-16(11-5-1)19(17-12-6-2-7-13-17)18-14-8-3-9-15-18;4*1-2;/h1-15H;3*1-2H3;2H,1H3;1H4/p+1. The van der Waals surface area contributed by atoms with Crippen LogP contribution in [0, 0.1) is 0 Å². The van der Waals surface area contributed by atoms with E-state index in [9.17, 15) is 0 Å². The molecule has 0 unspecified atom stereocenters. The normalized spacial score (nSPS) is 7.71. The van der Waals surface area contributed by atoms with Crippen LogP contribution in [0.1, 0.15) is 49.0 Å². The van der Waals surface area contributed by atoms with E-state index in [-0.39, 0.29) is 7.43 Å². The van der Waals surface area contributed by atoms with Crippen molar-refractivity contribution in [2.24, 2.45) is 0 Å². The molecular formula is C26H42NS+. The Morgan fingerprint density at radius 3 is 0.786 bits per heavy atom. The van der Waals surface area contributed by atoms with Gasteiger partial charge in [0.05, 0.1) is 6.26 Å². The van der Waals surface area contributed by atoms with Gasteiger partial charge >= 0.3 is 0 Å². The highest BCUT2D eigenvalue weighted by molar-refractivity contribution is 7.57. The first-order valence-corrected chi connectivity index (χ1v) is 10.9. The van der Waals surface area contributed by atoms with Crippen molar-refractivity contribution in [3.8, 4) is 0 Å². The Morgan fingerprint density at radius 2 is 0.607 bits per heavy atom. The highest BCUT2D eigenvalue weighted by atomic mass is 32.1. The molecule has 156 valence electrons. The first kappa shape index (κ1) is 30.5. The smallest absolute Gasteiger partial charge is 0.0929 e. The van der Waals surface area contributed by atoms with E-state index in [0.29, 0.717) is 0 Å². The fourth-order valence-electron chi connectivity index (χ4n) is 2.18. The number of rotatable bonds is 3. The zero-order valence-electron chi connectivity index (χ0n) is 18.1. The number of para-hydroxylation sites is 3. The molecule has 0 spiro atoms. The van der Waals surface area contributed by atoms with Crippen molar-refractivity contribution in [3.05, 3.63) is 91.0 Å². The number of anilines is 3. The highest BCUT2D eigenvalue weighted by Crippen LogP contribution is 2.33. The van der Waals surface area contributed by atoms with Gasteiger partial charge in [-0.15, -0.1) is 0 Å². The molecule has 1 nitrogen and oxygen atoms in total. The molecule has 0 radical (unpaired) electrons. The van der Waals surface area contributed by atoms with Crippen molar-refractivity contribution in [2.45, 2.75) is 49.0 Å². The van der Waals surface area contributed by atoms with E-state index in [4.69, 9.17) is 0 Å². The molecule has 3 aromatic rings. The van der Waals surface area contributed by atoms with Crippen LogP contribution in [0.3, 0.4) is 0 Å². The third kappa shape index (κ3) is 10.8. The average Bonchev–Trinajstić information content (AvgIpc) is 2.82. The number of nitrogens with zero attached hydrogens (tertiary/aromatic N) is 1. The van der Waals surface area contributed by atoms with Crippen molar-refractivity contribution >= 4 is 29.7 Å². The summed E-state index contributed by atoms with van der Waals surface area (Å²) in [7, 11) is 0. The molecule has 3 rings (SSSR count). The van der Waals surface area contributed by atoms with Crippen LogP contribution >= 0.6 is 0 Å². The SMILES string of the molecule is C.CC.CC.CC.C[SH2+].c1ccc(N(c2ccccc2)c2ccccc2)cc1. The first-order chi connectivity index (χ1) is 13.4. The lowest BCUT2D eigenvalue weighted by Crippen LogP contribution is -2.09. The summed E-state index contributed by atoms with van der Waals surface area (Å²) in [4.78, 5) is 2.25. The molecule has 0 fully saturated rings. The lowest BCUT2D eigenvalue weighted by atomic mass is 10.2. The summed E-state index contributed by atoms with van der Waals surface area (Å²) >= 11 is 2.97. The molecule has 0 amide bonds. The van der Waals surface area contributed by atoms with Gasteiger partial charge in [0.25, 0.3) is 0 Å². The molecule has 0 aromatic heterocycles. The third-order valence-corrected chi connectivity index (χ3v) is 3.04. The van der Waals surface area contributed by atoms with Crippen molar-refractivity contribution in [3.63, 3.8) is 0 Å². The van der Waals surface area contributed by atoms with Crippen LogP contribution in [0.15, 0.2) is 91.0 Å². The fraction of sp³-hybridized carbons (Fsp3) is 0.308. The summed E-state index contributed by atoms with van der Waals surface area (Å²) in [6.07, 6.45) is 1.81. The largest absolute Gasteiger partial charge is 0.311 e. The molecular weight excluding hydrogens is 358 g/mol.